The molecule has 0 aliphatic carbocycles. The second-order valence-corrected chi connectivity index (χ2v) is 3.86. The van der Waals surface area contributed by atoms with Gasteiger partial charge < -0.3 is 0 Å². The van der Waals surface area contributed by atoms with Gasteiger partial charge >= 0.3 is 0 Å². The third kappa shape index (κ3) is 3.87. The van der Waals surface area contributed by atoms with Gasteiger partial charge in [-0.25, -0.2) is 4.98 Å². The Hall–Kier alpha value is -0.900. The molecule has 4 nitrogen and oxygen atoms in total. The van der Waals surface area contributed by atoms with Crippen molar-refractivity contribution < 1.29 is 4.21 Å². The third-order valence-electron chi connectivity index (χ3n) is 1.38. The van der Waals surface area contributed by atoms with Crippen molar-refractivity contribution in [3.05, 3.63) is 24.0 Å². The molecule has 0 radical (unpaired) electrons. The first-order valence-corrected chi connectivity index (χ1v) is 5.61. The van der Waals surface area contributed by atoms with Crippen LogP contribution in [0.5, 0.6) is 0 Å². The molecule has 0 bridgehead atoms. The maximum atomic E-state index is 11.2. The van der Waals surface area contributed by atoms with Crippen LogP contribution in [-0.4, -0.2) is 14.9 Å². The summed E-state index contributed by atoms with van der Waals surface area (Å²) in [5.41, 5.74) is 0.354. The standard InChI is InChI=1S/C8H8N2OS.H3NS/c1-2-12(11)8-4-3-7(5-9)10-6-8;1-2/h3-4,6H,2H2,1H3;2H,1H2. The summed E-state index contributed by atoms with van der Waals surface area (Å²) in [6, 6.07) is 5.15. The highest BCUT2D eigenvalue weighted by Gasteiger charge is 2.00. The molecule has 1 aromatic heterocycles. The van der Waals surface area contributed by atoms with Gasteiger partial charge in [-0.05, 0) is 12.1 Å². The molecule has 14 heavy (non-hydrogen) atoms. The second kappa shape index (κ2) is 7.50. The molecule has 1 unspecified atom stereocenters. The van der Waals surface area contributed by atoms with Crippen molar-refractivity contribution in [3.8, 4) is 6.07 Å². The third-order valence-corrected chi connectivity index (χ3v) is 2.67. The van der Waals surface area contributed by atoms with Crippen LogP contribution in [0.4, 0.5) is 0 Å². The first-order chi connectivity index (χ1) is 6.77. The summed E-state index contributed by atoms with van der Waals surface area (Å²) in [5, 5.41) is 12.6. The molecule has 0 fully saturated rings. The second-order valence-electron chi connectivity index (χ2n) is 2.13. The Morgan fingerprint density at radius 1 is 1.64 bits per heavy atom. The summed E-state index contributed by atoms with van der Waals surface area (Å²) in [7, 11) is -0.973. The van der Waals surface area contributed by atoms with Crippen LogP contribution in [0.2, 0.25) is 0 Å². The van der Waals surface area contributed by atoms with Gasteiger partial charge in [0.25, 0.3) is 0 Å². The minimum Gasteiger partial charge on any atom is -0.281 e. The molecule has 1 aromatic rings. The highest BCUT2D eigenvalue weighted by molar-refractivity contribution is 7.85. The summed E-state index contributed by atoms with van der Waals surface area (Å²) in [4.78, 5) is 4.49. The molecular weight excluding hydrogens is 218 g/mol. The van der Waals surface area contributed by atoms with Gasteiger partial charge in [0, 0.05) is 11.9 Å². The van der Waals surface area contributed by atoms with Crippen molar-refractivity contribution in [1.82, 2.24) is 4.98 Å². The van der Waals surface area contributed by atoms with E-state index in [1.807, 2.05) is 13.0 Å². The lowest BCUT2D eigenvalue weighted by Crippen LogP contribution is -1.95. The molecule has 0 saturated heterocycles. The lowest BCUT2D eigenvalue weighted by Gasteiger charge is -1.96. The van der Waals surface area contributed by atoms with Crippen LogP contribution in [-0.2, 0) is 10.8 Å². The zero-order chi connectivity index (χ0) is 11.0. The van der Waals surface area contributed by atoms with Crippen molar-refractivity contribution in [1.29, 1.82) is 5.26 Å². The Morgan fingerprint density at radius 3 is 2.64 bits per heavy atom. The molecule has 0 aliphatic heterocycles. The Bertz CT molecular complexity index is 331. The van der Waals surface area contributed by atoms with E-state index in [1.165, 1.54) is 6.20 Å². The molecular formula is C8H11N3OS2. The van der Waals surface area contributed by atoms with Crippen molar-refractivity contribution in [2.24, 2.45) is 5.14 Å². The molecule has 0 saturated carbocycles. The molecule has 0 spiro atoms. The molecule has 6 heteroatoms. The number of nitrogens with two attached hydrogens (primary N) is 1. The number of thiol groups is 1. The lowest BCUT2D eigenvalue weighted by molar-refractivity contribution is 0.683. The van der Waals surface area contributed by atoms with Crippen LogP contribution in [0.1, 0.15) is 12.6 Å². The van der Waals surface area contributed by atoms with Crippen molar-refractivity contribution in [2.75, 3.05) is 5.75 Å². The smallest absolute Gasteiger partial charge is 0.140 e. The van der Waals surface area contributed by atoms with E-state index in [9.17, 15) is 4.21 Å². The SMILES string of the molecule is CCS(=O)c1ccc(C#N)nc1.NS. The van der Waals surface area contributed by atoms with Gasteiger partial charge in [0.15, 0.2) is 0 Å². The van der Waals surface area contributed by atoms with E-state index in [0.29, 0.717) is 16.3 Å². The summed E-state index contributed by atoms with van der Waals surface area (Å²) in [6.45, 7) is 1.84. The van der Waals surface area contributed by atoms with E-state index in [0.717, 1.165) is 0 Å². The van der Waals surface area contributed by atoms with Crippen LogP contribution in [0, 0.1) is 11.3 Å². The predicted octanol–water partition coefficient (Wildman–Crippen LogP) is 0.871. The first-order valence-electron chi connectivity index (χ1n) is 3.78. The van der Waals surface area contributed by atoms with Gasteiger partial charge in [-0.15, -0.1) is 12.8 Å². The number of rotatable bonds is 2. The molecule has 2 N–H and O–H groups in total. The minimum absolute atomic E-state index is 0.354. The zero-order valence-corrected chi connectivity index (χ0v) is 9.39. The van der Waals surface area contributed by atoms with Crippen LogP contribution >= 0.6 is 12.8 Å². The predicted molar refractivity (Wildman–Crippen MR) is 59.1 cm³/mol. The number of nitrogens with zero attached hydrogens (tertiary/aromatic N) is 2. The normalized spacial score (nSPS) is 10.7. The van der Waals surface area contributed by atoms with Crippen LogP contribution in [0.25, 0.3) is 0 Å². The van der Waals surface area contributed by atoms with Gasteiger partial charge in [-0.1, -0.05) is 6.92 Å². The molecule has 0 amide bonds. The van der Waals surface area contributed by atoms with Gasteiger partial charge in [0.1, 0.15) is 11.8 Å². The van der Waals surface area contributed by atoms with E-state index in [4.69, 9.17) is 5.26 Å². The Morgan fingerprint density at radius 2 is 2.29 bits per heavy atom. The van der Waals surface area contributed by atoms with Gasteiger partial charge in [0.05, 0.1) is 15.7 Å². The summed E-state index contributed by atoms with van der Waals surface area (Å²) in [5.74, 6) is 0.577. The van der Waals surface area contributed by atoms with E-state index in [-0.39, 0.29) is 0 Å². The van der Waals surface area contributed by atoms with Gasteiger partial charge in [-0.3, -0.25) is 9.35 Å². The van der Waals surface area contributed by atoms with Crippen molar-refractivity contribution >= 4 is 23.6 Å². The topological polar surface area (TPSA) is 79.8 Å². The van der Waals surface area contributed by atoms with Gasteiger partial charge in [0.2, 0.25) is 0 Å². The fourth-order valence-electron chi connectivity index (χ4n) is 0.748. The maximum Gasteiger partial charge on any atom is 0.140 e. The molecule has 76 valence electrons. The van der Waals surface area contributed by atoms with E-state index in [1.54, 1.807) is 12.1 Å². The average Bonchev–Trinajstić information content (AvgIpc) is 2.31. The average molecular weight is 229 g/mol. The zero-order valence-electron chi connectivity index (χ0n) is 7.67. The first kappa shape index (κ1) is 13.1. The number of pyridine rings is 1. The molecule has 1 heterocycles. The van der Waals surface area contributed by atoms with Crippen molar-refractivity contribution in [3.63, 3.8) is 0 Å². The summed E-state index contributed by atoms with van der Waals surface area (Å²) < 4.78 is 11.2. The summed E-state index contributed by atoms with van der Waals surface area (Å²) in [6.07, 6.45) is 1.48. The van der Waals surface area contributed by atoms with Crippen LogP contribution in [0.3, 0.4) is 0 Å². The van der Waals surface area contributed by atoms with Crippen LogP contribution in [0.15, 0.2) is 23.2 Å². The quantitative estimate of drug-likeness (QED) is 0.737. The number of hydrogen-bond acceptors (Lipinski definition) is 5. The van der Waals surface area contributed by atoms with E-state index < -0.39 is 10.8 Å². The highest BCUT2D eigenvalue weighted by Crippen LogP contribution is 2.04. The monoisotopic (exact) mass is 229 g/mol. The molecule has 0 aromatic carbocycles. The fraction of sp³-hybridized carbons (Fsp3) is 0.250. The molecule has 1 atom stereocenters. The van der Waals surface area contributed by atoms with Crippen LogP contribution < -0.4 is 5.14 Å². The maximum absolute atomic E-state index is 11.2. The van der Waals surface area contributed by atoms with Crippen molar-refractivity contribution in [2.45, 2.75) is 11.8 Å². The Kier molecular flexibility index (Phi) is 7.02. The highest BCUT2D eigenvalue weighted by atomic mass is 32.2. The Labute approximate surface area is 91.1 Å². The largest absolute Gasteiger partial charge is 0.281 e. The summed E-state index contributed by atoms with van der Waals surface area (Å²) >= 11 is 3.03. The number of aromatic nitrogens is 1. The number of hydrogen-bond donors (Lipinski definition) is 2. The number of nitriles is 1. The van der Waals surface area contributed by atoms with Gasteiger partial charge in [-0.2, -0.15) is 5.26 Å². The lowest BCUT2D eigenvalue weighted by atomic mass is 10.4. The molecule has 1 rings (SSSR count). The van der Waals surface area contributed by atoms with E-state index in [2.05, 4.69) is 22.9 Å². The molecule has 0 aliphatic rings. The minimum atomic E-state index is -0.973. The fourth-order valence-corrected chi connectivity index (χ4v) is 1.47. The Balaban J connectivity index is 0.000000791. The van der Waals surface area contributed by atoms with E-state index >= 15 is 0 Å².